The van der Waals surface area contributed by atoms with E-state index in [2.05, 4.69) is 31.1 Å². The molecule has 0 aliphatic carbocycles. The van der Waals surface area contributed by atoms with Gasteiger partial charge >= 0.3 is 0 Å². The summed E-state index contributed by atoms with van der Waals surface area (Å²) in [4.78, 5) is 15.3. The molecule has 1 heterocycles. The Hall–Kier alpha value is -2.56. The fourth-order valence-electron chi connectivity index (χ4n) is 2.32. The topological polar surface area (TPSA) is 77.2 Å². The zero-order chi connectivity index (χ0) is 16.3. The second-order valence-electron chi connectivity index (χ2n) is 6.03. The van der Waals surface area contributed by atoms with Gasteiger partial charge in [-0.25, -0.2) is 0 Å². The van der Waals surface area contributed by atoms with Gasteiger partial charge in [-0.05, 0) is 23.6 Å². The number of aromatic nitrogens is 1. The Morgan fingerprint density at radius 1 is 1.41 bits per heavy atom. The molecule has 2 rings (SSSR count). The second kappa shape index (κ2) is 6.05. The SMILES string of the molecule is COc1c(C(C)(C)C)cc(N/C=C\C(N)=O)c2cccnc12. The minimum atomic E-state index is -0.500. The van der Waals surface area contributed by atoms with Gasteiger partial charge < -0.3 is 15.8 Å². The van der Waals surface area contributed by atoms with Crippen LogP contribution in [0.5, 0.6) is 5.75 Å². The number of rotatable bonds is 4. The van der Waals surface area contributed by atoms with E-state index in [4.69, 9.17) is 10.5 Å². The van der Waals surface area contributed by atoms with Crippen LogP contribution in [-0.4, -0.2) is 18.0 Å². The molecule has 1 amide bonds. The zero-order valence-corrected chi connectivity index (χ0v) is 13.3. The number of primary amides is 1. The van der Waals surface area contributed by atoms with Gasteiger partial charge in [0.2, 0.25) is 5.91 Å². The van der Waals surface area contributed by atoms with Crippen LogP contribution in [0.4, 0.5) is 5.69 Å². The van der Waals surface area contributed by atoms with Crippen LogP contribution in [-0.2, 0) is 10.2 Å². The number of nitrogens with two attached hydrogens (primary N) is 1. The van der Waals surface area contributed by atoms with Gasteiger partial charge in [-0.15, -0.1) is 0 Å². The molecule has 0 atom stereocenters. The van der Waals surface area contributed by atoms with E-state index in [9.17, 15) is 4.79 Å². The van der Waals surface area contributed by atoms with E-state index in [0.29, 0.717) is 0 Å². The third-order valence-corrected chi connectivity index (χ3v) is 3.34. The lowest BCUT2D eigenvalue weighted by Gasteiger charge is -2.24. The Bertz CT molecular complexity index is 730. The summed E-state index contributed by atoms with van der Waals surface area (Å²) in [5, 5.41) is 4.02. The molecule has 0 aliphatic heterocycles. The molecule has 2 aromatic rings. The van der Waals surface area contributed by atoms with Crippen molar-refractivity contribution in [3.8, 4) is 5.75 Å². The predicted molar refractivity (Wildman–Crippen MR) is 89.0 cm³/mol. The Morgan fingerprint density at radius 2 is 2.14 bits per heavy atom. The summed E-state index contributed by atoms with van der Waals surface area (Å²) in [5.74, 6) is 0.270. The van der Waals surface area contributed by atoms with Crippen LogP contribution in [0.1, 0.15) is 26.3 Å². The zero-order valence-electron chi connectivity index (χ0n) is 13.3. The second-order valence-corrected chi connectivity index (χ2v) is 6.03. The summed E-state index contributed by atoms with van der Waals surface area (Å²) in [7, 11) is 1.65. The average molecular weight is 299 g/mol. The van der Waals surface area contributed by atoms with Crippen molar-refractivity contribution in [1.82, 2.24) is 4.98 Å². The van der Waals surface area contributed by atoms with Crippen molar-refractivity contribution >= 4 is 22.5 Å². The molecular weight excluding hydrogens is 278 g/mol. The number of amides is 1. The molecule has 0 bridgehead atoms. The molecule has 0 aliphatic rings. The summed E-state index contributed by atoms with van der Waals surface area (Å²) in [5.41, 5.74) is 7.68. The number of carbonyl (C=O) groups is 1. The molecule has 0 radical (unpaired) electrons. The highest BCUT2D eigenvalue weighted by molar-refractivity contribution is 5.97. The molecule has 0 saturated heterocycles. The van der Waals surface area contributed by atoms with Crippen molar-refractivity contribution in [2.45, 2.75) is 26.2 Å². The van der Waals surface area contributed by atoms with Gasteiger partial charge in [0, 0.05) is 35.1 Å². The fraction of sp³-hybridized carbons (Fsp3) is 0.294. The Balaban J connectivity index is 2.67. The molecule has 3 N–H and O–H groups in total. The lowest BCUT2D eigenvalue weighted by atomic mass is 9.85. The lowest BCUT2D eigenvalue weighted by Crippen LogP contribution is -2.14. The van der Waals surface area contributed by atoms with E-state index in [1.165, 1.54) is 12.3 Å². The Morgan fingerprint density at radius 3 is 2.73 bits per heavy atom. The molecule has 22 heavy (non-hydrogen) atoms. The molecule has 0 spiro atoms. The quantitative estimate of drug-likeness (QED) is 0.851. The molecule has 0 fully saturated rings. The number of nitrogens with one attached hydrogen (secondary N) is 1. The van der Waals surface area contributed by atoms with Gasteiger partial charge in [0.1, 0.15) is 11.3 Å². The number of methoxy groups -OCH3 is 1. The summed E-state index contributed by atoms with van der Waals surface area (Å²) in [6, 6.07) is 5.84. The van der Waals surface area contributed by atoms with Crippen LogP contribution in [0.15, 0.2) is 36.7 Å². The first-order valence-corrected chi connectivity index (χ1v) is 7.03. The van der Waals surface area contributed by atoms with Gasteiger partial charge in [0.15, 0.2) is 0 Å². The van der Waals surface area contributed by atoms with Crippen LogP contribution in [0.2, 0.25) is 0 Å². The van der Waals surface area contributed by atoms with E-state index < -0.39 is 5.91 Å². The van der Waals surface area contributed by atoms with Crippen molar-refractivity contribution in [3.63, 3.8) is 0 Å². The summed E-state index contributed by atoms with van der Waals surface area (Å²) in [6.07, 6.45) is 4.55. The largest absolute Gasteiger partial charge is 0.494 e. The van der Waals surface area contributed by atoms with Gasteiger partial charge in [-0.1, -0.05) is 20.8 Å². The highest BCUT2D eigenvalue weighted by Crippen LogP contribution is 2.40. The van der Waals surface area contributed by atoms with Gasteiger partial charge in [-0.3, -0.25) is 9.78 Å². The van der Waals surface area contributed by atoms with Crippen LogP contribution >= 0.6 is 0 Å². The molecule has 5 nitrogen and oxygen atoms in total. The summed E-state index contributed by atoms with van der Waals surface area (Å²) >= 11 is 0. The molecule has 5 heteroatoms. The van der Waals surface area contributed by atoms with Crippen LogP contribution < -0.4 is 15.8 Å². The minimum Gasteiger partial charge on any atom is -0.494 e. The number of carbonyl (C=O) groups excluding carboxylic acids is 1. The third kappa shape index (κ3) is 3.19. The van der Waals surface area contributed by atoms with E-state index in [1.54, 1.807) is 13.3 Å². The Labute approximate surface area is 130 Å². The number of hydrogen-bond donors (Lipinski definition) is 2. The lowest BCUT2D eigenvalue weighted by molar-refractivity contribution is -0.113. The normalized spacial score (nSPS) is 11.8. The first kappa shape index (κ1) is 15.8. The van der Waals surface area contributed by atoms with E-state index in [-0.39, 0.29) is 5.41 Å². The number of ether oxygens (including phenoxy) is 1. The van der Waals surface area contributed by atoms with E-state index >= 15 is 0 Å². The minimum absolute atomic E-state index is 0.110. The van der Waals surface area contributed by atoms with Crippen molar-refractivity contribution < 1.29 is 9.53 Å². The number of pyridine rings is 1. The molecular formula is C17H21N3O2. The highest BCUT2D eigenvalue weighted by Gasteiger charge is 2.23. The van der Waals surface area contributed by atoms with E-state index in [1.807, 2.05) is 18.2 Å². The van der Waals surface area contributed by atoms with Gasteiger partial charge in [-0.2, -0.15) is 0 Å². The maximum Gasteiger partial charge on any atom is 0.242 e. The van der Waals surface area contributed by atoms with Crippen LogP contribution in [0.25, 0.3) is 10.9 Å². The van der Waals surface area contributed by atoms with Gasteiger partial charge in [0.05, 0.1) is 7.11 Å². The fourth-order valence-corrected chi connectivity index (χ4v) is 2.32. The average Bonchev–Trinajstić information content (AvgIpc) is 2.45. The molecule has 0 unspecified atom stereocenters. The van der Waals surface area contributed by atoms with Crippen LogP contribution in [0.3, 0.4) is 0 Å². The van der Waals surface area contributed by atoms with E-state index in [0.717, 1.165) is 27.9 Å². The van der Waals surface area contributed by atoms with Crippen molar-refractivity contribution in [2.24, 2.45) is 5.73 Å². The molecule has 1 aromatic carbocycles. The molecule has 1 aromatic heterocycles. The van der Waals surface area contributed by atoms with Crippen molar-refractivity contribution in [2.75, 3.05) is 12.4 Å². The monoisotopic (exact) mass is 299 g/mol. The first-order chi connectivity index (χ1) is 10.3. The summed E-state index contributed by atoms with van der Waals surface area (Å²) < 4.78 is 5.60. The number of anilines is 1. The predicted octanol–water partition coefficient (Wildman–Crippen LogP) is 2.95. The number of hydrogen-bond acceptors (Lipinski definition) is 4. The molecule has 0 saturated carbocycles. The Kier molecular flexibility index (Phi) is 4.35. The van der Waals surface area contributed by atoms with Crippen molar-refractivity contribution in [1.29, 1.82) is 0 Å². The number of benzene rings is 1. The standard InChI is InChI=1S/C17H21N3O2/c1-17(2,3)12-10-13(19-9-7-14(18)21)11-6-5-8-20-15(11)16(12)22-4/h5-10,19H,1-4H3,(H2,18,21)/b9-7-. The number of fused-ring (bicyclic) bond motifs is 1. The smallest absolute Gasteiger partial charge is 0.242 e. The van der Waals surface area contributed by atoms with Gasteiger partial charge in [0.25, 0.3) is 0 Å². The third-order valence-electron chi connectivity index (χ3n) is 3.34. The van der Waals surface area contributed by atoms with Crippen LogP contribution in [0, 0.1) is 0 Å². The summed E-state index contributed by atoms with van der Waals surface area (Å²) in [6.45, 7) is 6.34. The van der Waals surface area contributed by atoms with Crippen molar-refractivity contribution in [3.05, 3.63) is 42.2 Å². The molecule has 116 valence electrons. The highest BCUT2D eigenvalue weighted by atomic mass is 16.5. The first-order valence-electron chi connectivity index (χ1n) is 7.03. The maximum absolute atomic E-state index is 10.8. The maximum atomic E-state index is 10.8. The number of nitrogens with zero attached hydrogens (tertiary/aromatic N) is 1.